The lowest BCUT2D eigenvalue weighted by atomic mass is 10.0. The van der Waals surface area contributed by atoms with Crippen molar-refractivity contribution < 1.29 is 4.79 Å². The average molecular weight is 239 g/mol. The molecule has 1 aliphatic heterocycles. The molecule has 1 fully saturated rings. The first-order chi connectivity index (χ1) is 7.75. The molecule has 16 heavy (non-hydrogen) atoms. The molecule has 1 aromatic rings. The maximum atomic E-state index is 11.8. The summed E-state index contributed by atoms with van der Waals surface area (Å²) in [4.78, 5) is 17.9. The highest BCUT2D eigenvalue weighted by Crippen LogP contribution is 2.15. The third kappa shape index (κ3) is 2.95. The van der Waals surface area contributed by atoms with E-state index in [1.807, 2.05) is 10.3 Å². The number of carbonyl (C=O) groups is 1. The number of nitrogens with zero attached hydrogens (tertiary/aromatic N) is 2. The Kier molecular flexibility index (Phi) is 3.77. The molecule has 0 radical (unpaired) electrons. The highest BCUT2D eigenvalue weighted by atomic mass is 32.1. The maximum absolute atomic E-state index is 11.8. The van der Waals surface area contributed by atoms with Crippen molar-refractivity contribution in [3.63, 3.8) is 0 Å². The SMILES string of the molecule is CC1CCCN(C(=O)NCc2nccs2)C1. The van der Waals surface area contributed by atoms with Crippen LogP contribution in [-0.4, -0.2) is 29.0 Å². The summed E-state index contributed by atoms with van der Waals surface area (Å²) in [6.07, 6.45) is 4.11. The number of aromatic nitrogens is 1. The molecule has 1 N–H and O–H groups in total. The van der Waals surface area contributed by atoms with Gasteiger partial charge in [-0.05, 0) is 18.8 Å². The lowest BCUT2D eigenvalue weighted by Gasteiger charge is -2.30. The van der Waals surface area contributed by atoms with Crippen molar-refractivity contribution in [3.05, 3.63) is 16.6 Å². The maximum Gasteiger partial charge on any atom is 0.317 e. The molecule has 2 amide bonds. The molecule has 1 aliphatic rings. The van der Waals surface area contributed by atoms with Gasteiger partial charge in [-0.3, -0.25) is 0 Å². The first-order valence-electron chi connectivity index (χ1n) is 5.67. The van der Waals surface area contributed by atoms with Crippen LogP contribution in [0.15, 0.2) is 11.6 Å². The van der Waals surface area contributed by atoms with Crippen molar-refractivity contribution in [2.24, 2.45) is 5.92 Å². The van der Waals surface area contributed by atoms with E-state index >= 15 is 0 Å². The topological polar surface area (TPSA) is 45.2 Å². The van der Waals surface area contributed by atoms with Crippen LogP contribution in [0.25, 0.3) is 0 Å². The third-order valence-electron chi connectivity index (χ3n) is 2.82. The predicted octanol–water partition coefficient (Wildman–Crippen LogP) is 2.08. The van der Waals surface area contributed by atoms with Crippen molar-refractivity contribution >= 4 is 17.4 Å². The molecule has 1 aromatic heterocycles. The van der Waals surface area contributed by atoms with E-state index in [-0.39, 0.29) is 6.03 Å². The van der Waals surface area contributed by atoms with Crippen LogP contribution in [0, 0.1) is 5.92 Å². The number of rotatable bonds is 2. The number of thiazole rings is 1. The Hall–Kier alpha value is -1.10. The summed E-state index contributed by atoms with van der Waals surface area (Å²) in [5.41, 5.74) is 0. The zero-order valence-electron chi connectivity index (χ0n) is 9.48. The minimum absolute atomic E-state index is 0.0433. The quantitative estimate of drug-likeness (QED) is 0.859. The van der Waals surface area contributed by atoms with Gasteiger partial charge in [0.2, 0.25) is 0 Å². The molecule has 1 unspecified atom stereocenters. The second kappa shape index (κ2) is 5.30. The van der Waals surface area contributed by atoms with E-state index in [0.29, 0.717) is 12.5 Å². The summed E-state index contributed by atoms with van der Waals surface area (Å²) >= 11 is 1.57. The van der Waals surface area contributed by atoms with Gasteiger partial charge in [-0.2, -0.15) is 0 Å². The summed E-state index contributed by atoms with van der Waals surface area (Å²) in [5.74, 6) is 0.624. The molecule has 2 rings (SSSR count). The Bertz CT molecular complexity index is 339. The Morgan fingerprint density at radius 3 is 3.31 bits per heavy atom. The smallest absolute Gasteiger partial charge is 0.317 e. The van der Waals surface area contributed by atoms with E-state index in [1.165, 1.54) is 6.42 Å². The third-order valence-corrected chi connectivity index (χ3v) is 3.60. The summed E-state index contributed by atoms with van der Waals surface area (Å²) in [6, 6.07) is 0.0433. The van der Waals surface area contributed by atoms with Crippen LogP contribution >= 0.6 is 11.3 Å². The average Bonchev–Trinajstić information content (AvgIpc) is 2.78. The second-order valence-corrected chi connectivity index (χ2v) is 5.26. The van der Waals surface area contributed by atoms with E-state index in [2.05, 4.69) is 17.2 Å². The molecule has 0 aliphatic carbocycles. The van der Waals surface area contributed by atoms with E-state index in [0.717, 1.165) is 24.5 Å². The molecule has 1 saturated heterocycles. The van der Waals surface area contributed by atoms with Crippen LogP contribution in [-0.2, 0) is 6.54 Å². The molecule has 4 nitrogen and oxygen atoms in total. The highest BCUT2D eigenvalue weighted by Gasteiger charge is 2.20. The van der Waals surface area contributed by atoms with Crippen molar-refractivity contribution in [2.45, 2.75) is 26.3 Å². The first-order valence-corrected chi connectivity index (χ1v) is 6.55. The molecule has 88 valence electrons. The van der Waals surface area contributed by atoms with Gasteiger partial charge >= 0.3 is 6.03 Å². The largest absolute Gasteiger partial charge is 0.331 e. The molecule has 0 saturated carbocycles. The molecule has 1 atom stereocenters. The lowest BCUT2D eigenvalue weighted by molar-refractivity contribution is 0.169. The van der Waals surface area contributed by atoms with Crippen molar-refractivity contribution in [1.29, 1.82) is 0 Å². The minimum atomic E-state index is 0.0433. The number of carbonyl (C=O) groups excluding carboxylic acids is 1. The fraction of sp³-hybridized carbons (Fsp3) is 0.636. The van der Waals surface area contributed by atoms with Crippen LogP contribution in [0.4, 0.5) is 4.79 Å². The Balaban J connectivity index is 1.79. The van der Waals surface area contributed by atoms with Gasteiger partial charge in [0.25, 0.3) is 0 Å². The van der Waals surface area contributed by atoms with Crippen molar-refractivity contribution in [3.8, 4) is 0 Å². The standard InChI is InChI=1S/C11H17N3OS/c1-9-3-2-5-14(8-9)11(15)13-7-10-12-4-6-16-10/h4,6,9H,2-3,5,7-8H2,1H3,(H,13,15). The Morgan fingerprint density at radius 2 is 2.62 bits per heavy atom. The highest BCUT2D eigenvalue weighted by molar-refractivity contribution is 7.09. The molecular weight excluding hydrogens is 222 g/mol. The summed E-state index contributed by atoms with van der Waals surface area (Å²) in [7, 11) is 0. The normalized spacial score (nSPS) is 20.8. The molecule has 0 aromatic carbocycles. The number of nitrogens with one attached hydrogen (secondary N) is 1. The van der Waals surface area contributed by atoms with Crippen LogP contribution in [0.3, 0.4) is 0 Å². The van der Waals surface area contributed by atoms with Gasteiger partial charge in [-0.25, -0.2) is 9.78 Å². The monoisotopic (exact) mass is 239 g/mol. The van der Waals surface area contributed by atoms with E-state index < -0.39 is 0 Å². The van der Waals surface area contributed by atoms with Crippen molar-refractivity contribution in [1.82, 2.24) is 15.2 Å². The molecule has 0 bridgehead atoms. The Morgan fingerprint density at radius 1 is 1.75 bits per heavy atom. The number of likely N-dealkylation sites (tertiary alicyclic amines) is 1. The van der Waals surface area contributed by atoms with Gasteiger partial charge in [-0.1, -0.05) is 6.92 Å². The fourth-order valence-electron chi connectivity index (χ4n) is 1.98. The zero-order valence-corrected chi connectivity index (χ0v) is 10.3. The number of hydrogen-bond donors (Lipinski definition) is 1. The second-order valence-electron chi connectivity index (χ2n) is 4.28. The Labute approximate surface area is 99.7 Å². The number of hydrogen-bond acceptors (Lipinski definition) is 3. The molecule has 2 heterocycles. The first kappa shape index (κ1) is 11.4. The van der Waals surface area contributed by atoms with Gasteiger partial charge in [0.1, 0.15) is 5.01 Å². The number of piperidine rings is 1. The van der Waals surface area contributed by atoms with Crippen molar-refractivity contribution in [2.75, 3.05) is 13.1 Å². The van der Waals surface area contributed by atoms with Gasteiger partial charge in [0.05, 0.1) is 6.54 Å². The predicted molar refractivity (Wildman–Crippen MR) is 64.3 cm³/mol. The number of urea groups is 1. The molecule has 0 spiro atoms. The van der Waals surface area contributed by atoms with E-state index in [4.69, 9.17) is 0 Å². The van der Waals surface area contributed by atoms with Gasteiger partial charge in [0.15, 0.2) is 0 Å². The minimum Gasteiger partial charge on any atom is -0.331 e. The van der Waals surface area contributed by atoms with Crippen LogP contribution in [0.5, 0.6) is 0 Å². The zero-order chi connectivity index (χ0) is 11.4. The van der Waals surface area contributed by atoms with Gasteiger partial charge < -0.3 is 10.2 Å². The van der Waals surface area contributed by atoms with Crippen LogP contribution in [0.2, 0.25) is 0 Å². The molecular formula is C11H17N3OS. The summed E-state index contributed by atoms with van der Waals surface area (Å²) in [6.45, 7) is 4.50. The fourth-order valence-corrected chi connectivity index (χ4v) is 2.53. The summed E-state index contributed by atoms with van der Waals surface area (Å²) in [5, 5.41) is 5.79. The van der Waals surface area contributed by atoms with Gasteiger partial charge in [-0.15, -0.1) is 11.3 Å². The van der Waals surface area contributed by atoms with Crippen LogP contribution < -0.4 is 5.32 Å². The number of amides is 2. The summed E-state index contributed by atoms with van der Waals surface area (Å²) < 4.78 is 0. The van der Waals surface area contributed by atoms with Gasteiger partial charge in [0, 0.05) is 24.7 Å². The molecule has 5 heteroatoms. The van der Waals surface area contributed by atoms with E-state index in [1.54, 1.807) is 17.5 Å². The lowest BCUT2D eigenvalue weighted by Crippen LogP contribution is -2.44. The van der Waals surface area contributed by atoms with E-state index in [9.17, 15) is 4.79 Å². The van der Waals surface area contributed by atoms with Crippen LogP contribution in [0.1, 0.15) is 24.8 Å².